The van der Waals surface area contributed by atoms with Crippen LogP contribution in [-0.2, 0) is 11.8 Å². The number of benzene rings is 4. The molecule has 0 aliphatic heterocycles. The second-order valence-electron chi connectivity index (χ2n) is 14.4. The van der Waals surface area contributed by atoms with Gasteiger partial charge in [-0.3, -0.25) is 14.4 Å². The van der Waals surface area contributed by atoms with E-state index in [1.165, 1.54) is 81.3 Å². The molecule has 0 fully saturated rings. The highest BCUT2D eigenvalue weighted by Crippen LogP contribution is 2.34. The van der Waals surface area contributed by atoms with Crippen molar-refractivity contribution in [2.24, 2.45) is 7.05 Å². The minimum Gasteiger partial charge on any atom is -0.478 e. The van der Waals surface area contributed by atoms with Gasteiger partial charge in [-0.25, -0.2) is 14.8 Å². The van der Waals surface area contributed by atoms with Crippen LogP contribution in [0.1, 0.15) is 102 Å². The lowest BCUT2D eigenvalue weighted by Crippen LogP contribution is -2.40. The van der Waals surface area contributed by atoms with E-state index in [1.807, 2.05) is 48.5 Å². The van der Waals surface area contributed by atoms with Crippen LogP contribution in [0.2, 0.25) is 5.02 Å². The molecule has 58 heavy (non-hydrogen) atoms. The van der Waals surface area contributed by atoms with Crippen molar-refractivity contribution in [1.29, 1.82) is 0 Å². The van der Waals surface area contributed by atoms with E-state index < -0.39 is 23.8 Å². The lowest BCUT2D eigenvalue weighted by atomic mass is 10.00. The van der Waals surface area contributed by atoms with Crippen LogP contribution in [-0.4, -0.2) is 55.9 Å². The molecule has 0 saturated carbocycles. The van der Waals surface area contributed by atoms with Gasteiger partial charge < -0.3 is 25.0 Å². The van der Waals surface area contributed by atoms with Crippen LogP contribution in [0.4, 0.5) is 5.69 Å². The normalized spacial score (nSPS) is 11.7. The molecule has 2 amide bonds. The Balaban J connectivity index is 1.24. The number of carboxylic acid groups (broad SMARTS) is 1. The lowest BCUT2D eigenvalue weighted by molar-refractivity contribution is -0.120. The van der Waals surface area contributed by atoms with Crippen molar-refractivity contribution >= 4 is 63.1 Å². The predicted octanol–water partition coefficient (Wildman–Crippen LogP) is 10.1. The molecule has 1 unspecified atom stereocenters. The minimum atomic E-state index is -1.84. The van der Waals surface area contributed by atoms with Gasteiger partial charge in [-0.15, -0.1) is 0 Å². The van der Waals surface area contributed by atoms with Crippen LogP contribution in [0.15, 0.2) is 97.1 Å². The van der Waals surface area contributed by atoms with E-state index in [0.717, 1.165) is 19.3 Å². The largest absolute Gasteiger partial charge is 0.478 e. The molecule has 0 bridgehead atoms. The van der Waals surface area contributed by atoms with Crippen molar-refractivity contribution in [3.8, 4) is 17.0 Å². The fourth-order valence-corrected chi connectivity index (χ4v) is 7.24. The average molecular weight is 802 g/mol. The van der Waals surface area contributed by atoms with Gasteiger partial charge in [0.05, 0.1) is 38.6 Å². The highest BCUT2D eigenvalue weighted by atomic mass is 35.5. The number of carbonyl (C=O) groups is 4. The molecule has 0 radical (unpaired) electrons. The number of ketones is 1. The van der Waals surface area contributed by atoms with E-state index >= 15 is 0 Å². The number of nitrogens with zero attached hydrogens (tertiary/aromatic N) is 3. The van der Waals surface area contributed by atoms with Gasteiger partial charge in [0, 0.05) is 19.2 Å². The van der Waals surface area contributed by atoms with Gasteiger partial charge in [-0.1, -0.05) is 125 Å². The van der Waals surface area contributed by atoms with Crippen LogP contribution >= 0.6 is 11.6 Å². The summed E-state index contributed by atoms with van der Waals surface area (Å²) in [6.45, 7) is 2.76. The summed E-state index contributed by atoms with van der Waals surface area (Å²) in [4.78, 5) is 63.8. The summed E-state index contributed by atoms with van der Waals surface area (Å²) in [6.07, 6.45) is 10.1. The summed E-state index contributed by atoms with van der Waals surface area (Å²) in [7, 11) is 1.77. The van der Waals surface area contributed by atoms with Crippen molar-refractivity contribution < 1.29 is 29.0 Å². The van der Waals surface area contributed by atoms with Gasteiger partial charge in [0.15, 0.2) is 5.65 Å². The van der Waals surface area contributed by atoms with E-state index in [0.29, 0.717) is 40.0 Å². The SMILES string of the molecule is CCCCCCCCCCCCNC(=O)c1ccc(NC(=O)C(Oc2cccc(C(=O)O)c2)C(=O)c2c(-c3ccccc3)n(C)c3nc4ccccc4nc23)c(Cl)c1. The van der Waals surface area contributed by atoms with Crippen molar-refractivity contribution in [2.75, 3.05) is 11.9 Å². The van der Waals surface area contributed by atoms with Crippen molar-refractivity contribution in [1.82, 2.24) is 19.9 Å². The van der Waals surface area contributed by atoms with Crippen LogP contribution in [0.3, 0.4) is 0 Å². The summed E-state index contributed by atoms with van der Waals surface area (Å²) in [5.74, 6) is -3.14. The number of hydrogen-bond acceptors (Lipinski definition) is 7. The summed E-state index contributed by atoms with van der Waals surface area (Å²) in [6, 6.07) is 26.5. The summed E-state index contributed by atoms with van der Waals surface area (Å²) in [5, 5.41) is 15.4. The first-order valence-electron chi connectivity index (χ1n) is 19.9. The van der Waals surface area contributed by atoms with E-state index in [1.54, 1.807) is 23.7 Å². The van der Waals surface area contributed by atoms with Gasteiger partial charge in [0.1, 0.15) is 11.3 Å². The molecule has 6 aromatic rings. The lowest BCUT2D eigenvalue weighted by Gasteiger charge is -2.19. The van der Waals surface area contributed by atoms with Gasteiger partial charge in [0.2, 0.25) is 11.9 Å². The number of aryl methyl sites for hydroxylation is 1. The van der Waals surface area contributed by atoms with Gasteiger partial charge >= 0.3 is 5.97 Å². The van der Waals surface area contributed by atoms with Crippen LogP contribution < -0.4 is 15.4 Å². The average Bonchev–Trinajstić information content (AvgIpc) is 3.52. The van der Waals surface area contributed by atoms with Crippen LogP contribution in [0, 0.1) is 0 Å². The number of halogens is 1. The van der Waals surface area contributed by atoms with E-state index in [-0.39, 0.29) is 39.0 Å². The number of nitrogens with one attached hydrogen (secondary N) is 2. The zero-order valence-corrected chi connectivity index (χ0v) is 33.6. The Bertz CT molecular complexity index is 2410. The molecule has 0 saturated heterocycles. The maximum absolute atomic E-state index is 15.0. The van der Waals surface area contributed by atoms with Crippen molar-refractivity contribution in [3.63, 3.8) is 0 Å². The number of rotatable bonds is 20. The monoisotopic (exact) mass is 801 g/mol. The number of carboxylic acids is 1. The predicted molar refractivity (Wildman–Crippen MR) is 228 cm³/mol. The summed E-state index contributed by atoms with van der Waals surface area (Å²) >= 11 is 6.64. The molecule has 1 atom stereocenters. The Labute approximate surface area is 342 Å². The zero-order chi connectivity index (χ0) is 41.0. The molecule has 6 rings (SSSR count). The molecule has 2 aromatic heterocycles. The molecule has 0 aliphatic carbocycles. The standard InChI is InChI=1S/C46H48ClN5O6/c1-3-4-5-6-7-8-9-10-11-17-27-48-44(54)31-25-26-35(34(47)29-31)51-45(55)42(58-33-22-18-21-32(28-33)46(56)57)41(53)38-39-43(50-37-24-16-15-23-36(37)49-39)52(2)40(38)30-19-13-12-14-20-30/h12-16,18-26,28-29,42H,3-11,17,27H2,1-2H3,(H,48,54)(H,51,55)(H,56,57). The quantitative estimate of drug-likeness (QED) is 0.0392. The van der Waals surface area contributed by atoms with Gasteiger partial charge in [0.25, 0.3) is 11.8 Å². The first-order valence-corrected chi connectivity index (χ1v) is 20.3. The first kappa shape index (κ1) is 41.6. The van der Waals surface area contributed by atoms with Crippen LogP contribution in [0.25, 0.3) is 33.5 Å². The Hall–Kier alpha value is -6.07. The molecule has 0 spiro atoms. The second kappa shape index (κ2) is 19.9. The molecule has 300 valence electrons. The van der Waals surface area contributed by atoms with Crippen LogP contribution in [0.5, 0.6) is 5.75 Å². The number of carbonyl (C=O) groups excluding carboxylic acids is 3. The maximum Gasteiger partial charge on any atom is 0.335 e. The zero-order valence-electron chi connectivity index (χ0n) is 32.8. The molecule has 11 nitrogen and oxygen atoms in total. The topological polar surface area (TPSA) is 153 Å². The number of fused-ring (bicyclic) bond motifs is 2. The number of Topliss-reactive ketones (excluding diaryl/α,β-unsaturated/α-hetero) is 1. The number of anilines is 1. The number of para-hydroxylation sites is 2. The van der Waals surface area contributed by atoms with E-state index in [2.05, 4.69) is 17.6 Å². The number of unbranched alkanes of at least 4 members (excludes halogenated alkanes) is 9. The number of ether oxygens (including phenoxy) is 1. The van der Waals surface area contributed by atoms with E-state index in [9.17, 15) is 24.3 Å². The maximum atomic E-state index is 15.0. The molecule has 4 aromatic carbocycles. The Morgan fingerprint density at radius 1 is 0.759 bits per heavy atom. The highest BCUT2D eigenvalue weighted by molar-refractivity contribution is 6.34. The number of aromatic nitrogens is 3. The Morgan fingerprint density at radius 3 is 2.09 bits per heavy atom. The first-order chi connectivity index (χ1) is 28.2. The molecule has 12 heteroatoms. The molecule has 3 N–H and O–H groups in total. The molecular weight excluding hydrogens is 754 g/mol. The van der Waals surface area contributed by atoms with Gasteiger partial charge in [-0.05, 0) is 60.5 Å². The Kier molecular flexibility index (Phi) is 14.2. The highest BCUT2D eigenvalue weighted by Gasteiger charge is 2.36. The second-order valence-corrected chi connectivity index (χ2v) is 14.8. The molecular formula is C46H48ClN5O6. The van der Waals surface area contributed by atoms with Crippen molar-refractivity contribution in [3.05, 3.63) is 119 Å². The van der Waals surface area contributed by atoms with Gasteiger partial charge in [-0.2, -0.15) is 0 Å². The smallest absolute Gasteiger partial charge is 0.335 e. The fraction of sp³-hybridized carbons (Fsp3) is 0.304. The third-order valence-electron chi connectivity index (χ3n) is 10.1. The number of aromatic carboxylic acids is 1. The third kappa shape index (κ3) is 10.1. The van der Waals surface area contributed by atoms with Crippen molar-refractivity contribution in [2.45, 2.75) is 77.2 Å². The molecule has 0 aliphatic rings. The minimum absolute atomic E-state index is 0.0213. The molecule has 2 heterocycles. The number of amides is 2. The van der Waals surface area contributed by atoms with E-state index in [4.69, 9.17) is 26.3 Å². The summed E-state index contributed by atoms with van der Waals surface area (Å²) < 4.78 is 7.87. The Morgan fingerprint density at radius 2 is 1.41 bits per heavy atom. The number of hydrogen-bond donors (Lipinski definition) is 3. The fourth-order valence-electron chi connectivity index (χ4n) is 7.01. The summed E-state index contributed by atoms with van der Waals surface area (Å²) in [5.41, 5.74) is 3.44. The third-order valence-corrected chi connectivity index (χ3v) is 10.4.